The Balaban J connectivity index is 1.86. The van der Waals surface area contributed by atoms with Crippen LogP contribution in [0, 0.1) is 6.92 Å². The van der Waals surface area contributed by atoms with E-state index in [2.05, 4.69) is 11.9 Å². The zero-order valence-electron chi connectivity index (χ0n) is 16.0. The summed E-state index contributed by atoms with van der Waals surface area (Å²) in [4.78, 5) is 24.8. The fourth-order valence-corrected chi connectivity index (χ4v) is 4.44. The third-order valence-electron chi connectivity index (χ3n) is 4.43. The number of amides is 1. The minimum atomic E-state index is -3.29. The van der Waals surface area contributed by atoms with Gasteiger partial charge in [-0.15, -0.1) is 0 Å². The van der Waals surface area contributed by atoms with Gasteiger partial charge in [-0.1, -0.05) is 18.2 Å². The van der Waals surface area contributed by atoms with Gasteiger partial charge < -0.3 is 14.5 Å². The normalized spacial score (nSPS) is 17.4. The summed E-state index contributed by atoms with van der Waals surface area (Å²) >= 11 is 6.28. The minimum absolute atomic E-state index is 0.187. The first-order valence-corrected chi connectivity index (χ1v) is 10.9. The minimum Gasteiger partial charge on any atom is -0.488 e. The highest BCUT2D eigenvalue weighted by atomic mass is 35.5. The Morgan fingerprint density at radius 3 is 2.76 bits per heavy atom. The van der Waals surface area contributed by atoms with Crippen molar-refractivity contribution in [1.82, 2.24) is 5.32 Å². The van der Waals surface area contributed by atoms with E-state index in [1.165, 1.54) is 12.1 Å². The van der Waals surface area contributed by atoms with Gasteiger partial charge in [-0.25, -0.2) is 13.2 Å². The average molecular weight is 438 g/mol. The molecule has 9 heteroatoms. The van der Waals surface area contributed by atoms with Crippen molar-refractivity contribution in [2.24, 2.45) is 0 Å². The second-order valence-electron chi connectivity index (χ2n) is 7.03. The molecular weight excluding hydrogens is 418 g/mol. The molecule has 0 radical (unpaired) electrons. The molecule has 154 valence electrons. The third-order valence-corrected chi connectivity index (χ3v) is 6.12. The molecule has 1 N–H and O–H groups in total. The predicted octanol–water partition coefficient (Wildman–Crippen LogP) is 2.68. The molecule has 0 saturated carbocycles. The number of sulfone groups is 1. The molecule has 1 aromatic heterocycles. The lowest BCUT2D eigenvalue weighted by Gasteiger charge is -2.13. The van der Waals surface area contributed by atoms with E-state index in [0.717, 1.165) is 11.0 Å². The largest absolute Gasteiger partial charge is 0.488 e. The SMILES string of the molecule is C=C(C)COc1cc2oc(=O)c(CC(=O)N[C@@H]3C=CS(=O)(=O)C3)c(C)c2cc1Cl. The highest BCUT2D eigenvalue weighted by Crippen LogP contribution is 2.32. The average Bonchev–Trinajstić information content (AvgIpc) is 2.96. The van der Waals surface area contributed by atoms with Gasteiger partial charge in [0, 0.05) is 16.9 Å². The molecule has 1 aliphatic rings. The van der Waals surface area contributed by atoms with Crippen molar-refractivity contribution in [2.75, 3.05) is 12.4 Å². The van der Waals surface area contributed by atoms with Crippen LogP contribution in [0.5, 0.6) is 5.75 Å². The van der Waals surface area contributed by atoms with Crippen LogP contribution in [0.3, 0.4) is 0 Å². The number of aryl methyl sites for hydroxylation is 1. The second-order valence-corrected chi connectivity index (χ2v) is 9.36. The number of fused-ring (bicyclic) bond motifs is 1. The molecule has 0 aliphatic carbocycles. The maximum atomic E-state index is 12.4. The van der Waals surface area contributed by atoms with Crippen LogP contribution >= 0.6 is 11.6 Å². The summed E-state index contributed by atoms with van der Waals surface area (Å²) in [6, 6.07) is 2.55. The molecule has 0 fully saturated rings. The summed E-state index contributed by atoms with van der Waals surface area (Å²) in [5.41, 5.74) is 1.21. The van der Waals surface area contributed by atoms with Crippen LogP contribution in [0.2, 0.25) is 5.02 Å². The summed E-state index contributed by atoms with van der Waals surface area (Å²) in [6.07, 6.45) is 1.18. The predicted molar refractivity (Wildman–Crippen MR) is 111 cm³/mol. The molecule has 0 spiro atoms. The van der Waals surface area contributed by atoms with Gasteiger partial charge in [0.25, 0.3) is 0 Å². The van der Waals surface area contributed by atoms with Crippen molar-refractivity contribution in [3.05, 3.63) is 62.3 Å². The Kier molecular flexibility index (Phi) is 5.86. The molecule has 7 nitrogen and oxygen atoms in total. The molecule has 2 aromatic rings. The molecule has 1 aliphatic heterocycles. The third kappa shape index (κ3) is 4.89. The highest BCUT2D eigenvalue weighted by molar-refractivity contribution is 7.94. The van der Waals surface area contributed by atoms with E-state index < -0.39 is 27.4 Å². The molecule has 1 aromatic carbocycles. The number of benzene rings is 1. The van der Waals surface area contributed by atoms with Crippen molar-refractivity contribution >= 4 is 38.3 Å². The summed E-state index contributed by atoms with van der Waals surface area (Å²) in [6.45, 7) is 7.55. The first-order chi connectivity index (χ1) is 13.6. The van der Waals surface area contributed by atoms with Crippen LogP contribution in [0.1, 0.15) is 18.1 Å². The maximum Gasteiger partial charge on any atom is 0.340 e. The van der Waals surface area contributed by atoms with Crippen molar-refractivity contribution in [3.8, 4) is 5.75 Å². The summed E-state index contributed by atoms with van der Waals surface area (Å²) < 4.78 is 33.8. The number of ether oxygens (including phenoxy) is 1. The van der Waals surface area contributed by atoms with Gasteiger partial charge in [-0.3, -0.25) is 4.79 Å². The van der Waals surface area contributed by atoms with Crippen LogP contribution in [0.15, 0.2) is 45.0 Å². The zero-order chi connectivity index (χ0) is 21.3. The van der Waals surface area contributed by atoms with Gasteiger partial charge in [0.15, 0.2) is 9.84 Å². The molecule has 0 saturated heterocycles. The van der Waals surface area contributed by atoms with Crippen LogP contribution in [-0.2, 0) is 21.1 Å². The molecule has 3 rings (SSSR count). The lowest BCUT2D eigenvalue weighted by atomic mass is 10.0. The molecule has 0 bridgehead atoms. The van der Waals surface area contributed by atoms with Crippen molar-refractivity contribution in [3.63, 3.8) is 0 Å². The van der Waals surface area contributed by atoms with Crippen LogP contribution in [0.25, 0.3) is 11.0 Å². The lowest BCUT2D eigenvalue weighted by Crippen LogP contribution is -2.37. The Hall–Kier alpha value is -2.58. The van der Waals surface area contributed by atoms with E-state index in [-0.39, 0.29) is 24.3 Å². The number of halogens is 1. The molecule has 29 heavy (non-hydrogen) atoms. The fourth-order valence-electron chi connectivity index (χ4n) is 2.99. The second kappa shape index (κ2) is 8.04. The van der Waals surface area contributed by atoms with Gasteiger partial charge in [-0.2, -0.15) is 0 Å². The number of carbonyl (C=O) groups excluding carboxylic acids is 1. The van der Waals surface area contributed by atoms with E-state index >= 15 is 0 Å². The fraction of sp³-hybridized carbons (Fsp3) is 0.300. The lowest BCUT2D eigenvalue weighted by molar-refractivity contribution is -0.120. The number of hydrogen-bond acceptors (Lipinski definition) is 6. The van der Waals surface area contributed by atoms with Crippen molar-refractivity contribution in [2.45, 2.75) is 26.3 Å². The number of rotatable bonds is 6. The van der Waals surface area contributed by atoms with Gasteiger partial charge in [0.2, 0.25) is 5.91 Å². The summed E-state index contributed by atoms with van der Waals surface area (Å²) in [7, 11) is -3.29. The Morgan fingerprint density at radius 1 is 1.41 bits per heavy atom. The van der Waals surface area contributed by atoms with Gasteiger partial charge in [-0.05, 0) is 37.1 Å². The van der Waals surface area contributed by atoms with E-state index in [4.69, 9.17) is 20.8 Å². The smallest absolute Gasteiger partial charge is 0.340 e. The van der Waals surface area contributed by atoms with Crippen LogP contribution < -0.4 is 15.7 Å². The maximum absolute atomic E-state index is 12.4. The van der Waals surface area contributed by atoms with Gasteiger partial charge >= 0.3 is 5.63 Å². The number of carbonyl (C=O) groups is 1. The Morgan fingerprint density at radius 2 is 2.14 bits per heavy atom. The van der Waals surface area contributed by atoms with Crippen LogP contribution in [-0.4, -0.2) is 32.7 Å². The van der Waals surface area contributed by atoms with Crippen LogP contribution in [0.4, 0.5) is 0 Å². The van der Waals surface area contributed by atoms with Crippen molar-refractivity contribution in [1.29, 1.82) is 0 Å². The van der Waals surface area contributed by atoms with Gasteiger partial charge in [0.05, 0.1) is 28.8 Å². The van der Waals surface area contributed by atoms with Gasteiger partial charge in [0.1, 0.15) is 17.9 Å². The first-order valence-electron chi connectivity index (χ1n) is 8.79. The molecule has 1 atom stereocenters. The summed E-state index contributed by atoms with van der Waals surface area (Å²) in [5.74, 6) is -0.296. The molecular formula is C20H20ClNO6S. The quantitative estimate of drug-likeness (QED) is 0.550. The Labute approximate surface area is 172 Å². The van der Waals surface area contributed by atoms with Crippen molar-refractivity contribution < 1.29 is 22.4 Å². The molecule has 1 amide bonds. The number of hydrogen-bond donors (Lipinski definition) is 1. The standard InChI is InChI=1S/C20H20ClNO6S/c1-11(2)9-27-18-8-17-14(6-16(18)21)12(3)15(20(24)28-17)7-19(23)22-13-4-5-29(25,26)10-13/h4-6,8,13H,1,7,9-10H2,2-3H3,(H,22,23)/t13-/m1/s1. The van der Waals surface area contributed by atoms with E-state index in [1.54, 1.807) is 13.0 Å². The van der Waals surface area contributed by atoms with E-state index in [0.29, 0.717) is 27.3 Å². The van der Waals surface area contributed by atoms with E-state index in [1.807, 2.05) is 6.92 Å². The first kappa shape index (κ1) is 21.1. The number of nitrogens with one attached hydrogen (secondary N) is 1. The highest BCUT2D eigenvalue weighted by Gasteiger charge is 2.24. The molecule has 2 heterocycles. The Bertz CT molecular complexity index is 1200. The topological polar surface area (TPSA) is 103 Å². The van der Waals surface area contributed by atoms with E-state index in [9.17, 15) is 18.0 Å². The zero-order valence-corrected chi connectivity index (χ0v) is 17.5. The monoisotopic (exact) mass is 437 g/mol. The molecule has 0 unspecified atom stereocenters. The summed E-state index contributed by atoms with van der Waals surface area (Å²) in [5, 5.41) is 4.59.